The summed E-state index contributed by atoms with van der Waals surface area (Å²) in [5, 5.41) is 9.60. The molecule has 2 atom stereocenters. The average Bonchev–Trinajstić information content (AvgIpc) is 3.16. The molecule has 1 saturated heterocycles. The number of amides is 1. The van der Waals surface area contributed by atoms with Crippen LogP contribution >= 0.6 is 11.8 Å². The maximum atomic E-state index is 12.8. The maximum Gasteiger partial charge on any atom is 0.233 e. The monoisotopic (exact) mass is 406 g/mol. The number of benzene rings is 2. The molecule has 0 N–H and O–H groups in total. The molecule has 1 aliphatic rings. The first kappa shape index (κ1) is 19.7. The van der Waals surface area contributed by atoms with Crippen molar-refractivity contribution in [2.24, 2.45) is 11.8 Å². The molecule has 1 aromatic heterocycles. The zero-order chi connectivity index (χ0) is 20.2. The number of piperidine rings is 1. The highest BCUT2D eigenvalue weighted by molar-refractivity contribution is 7.99. The van der Waals surface area contributed by atoms with Gasteiger partial charge in [-0.25, -0.2) is 0 Å². The number of rotatable bonds is 5. The van der Waals surface area contributed by atoms with Gasteiger partial charge in [-0.05, 0) is 30.4 Å². The summed E-state index contributed by atoms with van der Waals surface area (Å²) in [6.07, 6.45) is 1.19. The Kier molecular flexibility index (Phi) is 6.00. The summed E-state index contributed by atoms with van der Waals surface area (Å²) in [6.45, 7) is 6.15. The van der Waals surface area contributed by atoms with Gasteiger partial charge in [-0.1, -0.05) is 74.1 Å². The molecule has 150 valence electrons. The van der Waals surface area contributed by atoms with Crippen molar-refractivity contribution in [2.45, 2.75) is 25.4 Å². The lowest BCUT2D eigenvalue weighted by Crippen LogP contribution is -2.43. The Morgan fingerprint density at radius 3 is 2.24 bits per heavy atom. The molecule has 3 aromatic rings. The first-order valence-electron chi connectivity index (χ1n) is 10.1. The lowest BCUT2D eigenvalue weighted by Gasteiger charge is -2.34. The van der Waals surface area contributed by atoms with Gasteiger partial charge in [-0.3, -0.25) is 9.36 Å². The fourth-order valence-corrected chi connectivity index (χ4v) is 4.89. The molecular formula is C23H26N4OS. The summed E-state index contributed by atoms with van der Waals surface area (Å²) < 4.78 is 2.04. The van der Waals surface area contributed by atoms with Gasteiger partial charge in [0.1, 0.15) is 0 Å². The van der Waals surface area contributed by atoms with E-state index < -0.39 is 0 Å². The van der Waals surface area contributed by atoms with Crippen molar-refractivity contribution in [2.75, 3.05) is 18.8 Å². The van der Waals surface area contributed by atoms with Crippen molar-refractivity contribution < 1.29 is 4.79 Å². The second kappa shape index (κ2) is 8.82. The molecule has 0 spiro atoms. The predicted molar refractivity (Wildman–Crippen MR) is 117 cm³/mol. The molecule has 0 radical (unpaired) electrons. The van der Waals surface area contributed by atoms with Crippen LogP contribution in [0.3, 0.4) is 0 Å². The number of hydrogen-bond donors (Lipinski definition) is 0. The molecule has 0 saturated carbocycles. The van der Waals surface area contributed by atoms with Crippen LogP contribution in [0, 0.1) is 11.8 Å². The van der Waals surface area contributed by atoms with Crippen molar-refractivity contribution in [3.63, 3.8) is 0 Å². The molecule has 5 nitrogen and oxygen atoms in total. The van der Waals surface area contributed by atoms with Gasteiger partial charge >= 0.3 is 0 Å². The Hall–Kier alpha value is -2.60. The summed E-state index contributed by atoms with van der Waals surface area (Å²) in [5.41, 5.74) is 1.99. The molecular weight excluding hydrogens is 380 g/mol. The van der Waals surface area contributed by atoms with Gasteiger partial charge in [-0.15, -0.1) is 10.2 Å². The number of para-hydroxylation sites is 1. The van der Waals surface area contributed by atoms with Crippen LogP contribution in [-0.4, -0.2) is 44.4 Å². The Labute approximate surface area is 176 Å². The van der Waals surface area contributed by atoms with E-state index >= 15 is 0 Å². The van der Waals surface area contributed by atoms with Crippen molar-refractivity contribution in [3.8, 4) is 17.1 Å². The molecule has 0 aliphatic carbocycles. The van der Waals surface area contributed by atoms with Gasteiger partial charge in [0.15, 0.2) is 11.0 Å². The maximum absolute atomic E-state index is 12.8. The Bertz CT molecular complexity index is 948. The van der Waals surface area contributed by atoms with Gasteiger partial charge in [0.25, 0.3) is 0 Å². The Morgan fingerprint density at radius 1 is 0.966 bits per heavy atom. The molecule has 1 fully saturated rings. The normalized spacial score (nSPS) is 19.3. The number of carbonyl (C=O) groups excluding carboxylic acids is 1. The van der Waals surface area contributed by atoms with E-state index in [0.29, 0.717) is 17.6 Å². The Morgan fingerprint density at radius 2 is 1.59 bits per heavy atom. The highest BCUT2D eigenvalue weighted by Gasteiger charge is 2.26. The van der Waals surface area contributed by atoms with E-state index in [4.69, 9.17) is 0 Å². The van der Waals surface area contributed by atoms with Crippen LogP contribution in [-0.2, 0) is 4.79 Å². The van der Waals surface area contributed by atoms with Crippen LogP contribution < -0.4 is 0 Å². The van der Waals surface area contributed by atoms with Crippen LogP contribution in [0.2, 0.25) is 0 Å². The molecule has 2 heterocycles. The third-order valence-corrected chi connectivity index (χ3v) is 6.14. The van der Waals surface area contributed by atoms with Gasteiger partial charge in [0.2, 0.25) is 5.91 Å². The predicted octanol–water partition coefficient (Wildman–Crippen LogP) is 4.53. The van der Waals surface area contributed by atoms with Crippen LogP contribution in [0.25, 0.3) is 17.1 Å². The molecule has 0 bridgehead atoms. The van der Waals surface area contributed by atoms with E-state index in [1.165, 1.54) is 18.2 Å². The fraction of sp³-hybridized carbons (Fsp3) is 0.348. The zero-order valence-electron chi connectivity index (χ0n) is 16.9. The number of hydrogen-bond acceptors (Lipinski definition) is 4. The number of likely N-dealkylation sites (tertiary alicyclic amines) is 1. The summed E-state index contributed by atoms with van der Waals surface area (Å²) >= 11 is 1.46. The Balaban J connectivity index is 1.58. The van der Waals surface area contributed by atoms with Gasteiger partial charge in [0, 0.05) is 24.3 Å². The minimum Gasteiger partial charge on any atom is -0.341 e. The lowest BCUT2D eigenvalue weighted by atomic mass is 9.92. The van der Waals surface area contributed by atoms with E-state index in [9.17, 15) is 4.79 Å². The topological polar surface area (TPSA) is 51.0 Å². The van der Waals surface area contributed by atoms with Crippen molar-refractivity contribution in [1.29, 1.82) is 0 Å². The quantitative estimate of drug-likeness (QED) is 0.584. The van der Waals surface area contributed by atoms with Gasteiger partial charge in [0.05, 0.1) is 5.75 Å². The molecule has 29 heavy (non-hydrogen) atoms. The largest absolute Gasteiger partial charge is 0.341 e. The summed E-state index contributed by atoms with van der Waals surface area (Å²) in [4.78, 5) is 14.8. The van der Waals surface area contributed by atoms with E-state index in [2.05, 4.69) is 24.0 Å². The van der Waals surface area contributed by atoms with Gasteiger partial charge < -0.3 is 4.90 Å². The van der Waals surface area contributed by atoms with Crippen molar-refractivity contribution in [1.82, 2.24) is 19.7 Å². The minimum absolute atomic E-state index is 0.178. The molecule has 2 aromatic carbocycles. The smallest absolute Gasteiger partial charge is 0.233 e. The van der Waals surface area contributed by atoms with Gasteiger partial charge in [-0.2, -0.15) is 0 Å². The third kappa shape index (κ3) is 4.53. The van der Waals surface area contributed by atoms with Crippen LogP contribution in [0.1, 0.15) is 20.3 Å². The second-order valence-electron chi connectivity index (χ2n) is 7.88. The molecule has 1 amide bonds. The number of nitrogens with zero attached hydrogens (tertiary/aromatic N) is 4. The number of carbonyl (C=O) groups is 1. The van der Waals surface area contributed by atoms with Crippen LogP contribution in [0.4, 0.5) is 0 Å². The molecule has 6 heteroatoms. The van der Waals surface area contributed by atoms with Crippen LogP contribution in [0.15, 0.2) is 65.8 Å². The first-order chi connectivity index (χ1) is 14.1. The standard InChI is InChI=1S/C23H26N4OS/c1-17-13-18(2)15-26(14-17)21(28)16-29-23-25-24-22(19-9-5-3-6-10-19)27(23)20-11-7-4-8-12-20/h3-12,17-18H,13-16H2,1-2H3/t17-,18+. The molecule has 0 unspecified atom stereocenters. The van der Waals surface area contributed by atoms with E-state index in [0.717, 1.165) is 35.3 Å². The number of aromatic nitrogens is 3. The van der Waals surface area contributed by atoms with Crippen molar-refractivity contribution >= 4 is 17.7 Å². The number of thioether (sulfide) groups is 1. The molecule has 4 rings (SSSR count). The molecule has 1 aliphatic heterocycles. The van der Waals surface area contributed by atoms with Crippen molar-refractivity contribution in [3.05, 3.63) is 60.7 Å². The second-order valence-corrected chi connectivity index (χ2v) is 8.82. The highest BCUT2D eigenvalue weighted by atomic mass is 32.2. The summed E-state index contributed by atoms with van der Waals surface area (Å²) in [5.74, 6) is 2.46. The SMILES string of the molecule is C[C@@H]1C[C@H](C)CN(C(=O)CSc2nnc(-c3ccccc3)n2-c2ccccc2)C1. The highest BCUT2D eigenvalue weighted by Crippen LogP contribution is 2.28. The zero-order valence-corrected chi connectivity index (χ0v) is 17.7. The fourth-order valence-electron chi connectivity index (χ4n) is 4.03. The van der Waals surface area contributed by atoms with Crippen LogP contribution in [0.5, 0.6) is 0 Å². The lowest BCUT2D eigenvalue weighted by molar-refractivity contribution is -0.130. The summed E-state index contributed by atoms with van der Waals surface area (Å²) in [6, 6.07) is 20.1. The third-order valence-electron chi connectivity index (χ3n) is 5.23. The summed E-state index contributed by atoms with van der Waals surface area (Å²) in [7, 11) is 0. The van der Waals surface area contributed by atoms with E-state index in [-0.39, 0.29) is 5.91 Å². The van der Waals surface area contributed by atoms with E-state index in [1.54, 1.807) is 0 Å². The first-order valence-corrected chi connectivity index (χ1v) is 11.1. The van der Waals surface area contributed by atoms with E-state index in [1.807, 2.05) is 70.1 Å². The average molecular weight is 407 g/mol. The minimum atomic E-state index is 0.178.